The highest BCUT2D eigenvalue weighted by molar-refractivity contribution is 6.00. The number of nitrogens with two attached hydrogens (primary N) is 2. The number of aliphatic hydroxyl groups is 2. The van der Waals surface area contributed by atoms with Crippen LogP contribution in [0.25, 0.3) is 0 Å². The Hall–Kier alpha value is -9.03. The van der Waals surface area contributed by atoms with Crippen molar-refractivity contribution in [2.45, 2.75) is 134 Å². The van der Waals surface area contributed by atoms with Gasteiger partial charge in [-0.3, -0.25) is 57.7 Å². The smallest absolute Gasteiger partial charge is 0.325 e. The lowest BCUT2D eigenvalue weighted by molar-refractivity contribution is -0.870. The molecule has 0 saturated heterocycles. The van der Waals surface area contributed by atoms with E-state index in [4.69, 9.17) is 11.5 Å². The normalized spacial score (nSPS) is 14.2. The zero-order valence-electron chi connectivity index (χ0n) is 51.2. The van der Waals surface area contributed by atoms with Crippen LogP contribution in [0.1, 0.15) is 87.8 Å². The second-order valence-corrected chi connectivity index (χ2v) is 22.5. The Labute approximate surface area is 511 Å². The molecule has 88 heavy (non-hydrogen) atoms. The number of aromatic amines is 1. The quantitative estimate of drug-likeness (QED) is 0.00859. The van der Waals surface area contributed by atoms with Gasteiger partial charge in [0.2, 0.25) is 53.2 Å². The van der Waals surface area contributed by atoms with Gasteiger partial charge in [0, 0.05) is 36.8 Å². The number of benzene rings is 2. The summed E-state index contributed by atoms with van der Waals surface area (Å²) in [6, 6.07) is 5.53. The van der Waals surface area contributed by atoms with E-state index in [2.05, 4.69) is 72.9 Å². The van der Waals surface area contributed by atoms with E-state index in [0.29, 0.717) is 47.1 Å². The zero-order chi connectivity index (χ0) is 65.5. The summed E-state index contributed by atoms with van der Waals surface area (Å²) >= 11 is 0. The molecule has 0 aliphatic rings. The molecule has 30 nitrogen and oxygen atoms in total. The maximum atomic E-state index is 14.3. The number of quaternary nitrogens is 1. The number of H-pyrrole nitrogens is 1. The SMILES string of the molecule is COC(=O)CNC(=O)[C@H](Cc1cnc[nH]1)NC(=O)[C@@H](NC(=O)[C@H](CO)NC(=O)[C@H](CCCC[N+](C)(C)C)NC(=O)[C@H](CC(C)C)NC(=O)[C@H](C)NC(=O)[C@H](Cc1ccccc1)NC(=O)CNC(=O)[C@H](CCCN=C(N)N)NC(=O)c1ccccc1)[C@@H](C)O. The molecule has 0 spiro atoms. The van der Waals surface area contributed by atoms with E-state index in [-0.39, 0.29) is 50.5 Å². The molecule has 3 rings (SSSR count). The number of aromatic nitrogens is 2. The standard InChI is InChI=1S/C58H88N16O14/c1-34(2)26-42(70-49(79)35(3)66-54(84)43(27-37-18-11-9-12-19-37)67-46(77)30-63-51(81)40(23-17-24-62-58(59)60)68-50(80)38-20-13-10-14-21-38)55(85)69-41(22-15-16-25-74(5,6)7)53(83)72-45(32-75)56(86)73-48(36(4)76)57(87)71-44(28-39-29-61-33-65-39)52(82)64-31-47(78)88-8/h9-14,18-21,29,33-36,40-45,48,75-76H,15-17,22-28,30-32H2,1-8H3,(H14-,59,60,61,62,63,64,65,66,67,68,69,70,71,72,73,77,79,80,81,82,83,84,85,86,87)/p+1/t35-,36+,40-,41-,42-,43-,44-,45-,48-/m0/s1. The number of carbonyl (C=O) groups excluding carboxylic acids is 11. The van der Waals surface area contributed by atoms with Crippen LogP contribution in [0, 0.1) is 5.92 Å². The van der Waals surface area contributed by atoms with Crippen molar-refractivity contribution in [2.75, 3.05) is 61.0 Å². The third-order valence-electron chi connectivity index (χ3n) is 13.4. The van der Waals surface area contributed by atoms with Crippen LogP contribution in [0.3, 0.4) is 0 Å². The predicted octanol–water partition coefficient (Wildman–Crippen LogP) is -3.84. The molecule has 2 aromatic carbocycles. The van der Waals surface area contributed by atoms with Gasteiger partial charge in [-0.15, -0.1) is 0 Å². The molecular formula is C58H89N16O14+. The average molecular weight is 1230 g/mol. The number of carbonyl (C=O) groups is 11. The number of rotatable bonds is 38. The third-order valence-corrected chi connectivity index (χ3v) is 13.4. The van der Waals surface area contributed by atoms with Crippen LogP contribution in [0.4, 0.5) is 0 Å². The molecule has 0 bridgehead atoms. The van der Waals surface area contributed by atoms with Crippen LogP contribution >= 0.6 is 0 Å². The summed E-state index contributed by atoms with van der Waals surface area (Å²) in [4.78, 5) is 160. The molecule has 0 unspecified atom stereocenters. The Morgan fingerprint density at radius 1 is 0.614 bits per heavy atom. The lowest BCUT2D eigenvalue weighted by Gasteiger charge is -2.28. The number of esters is 1. The van der Waals surface area contributed by atoms with Gasteiger partial charge in [-0.05, 0) is 76.0 Å². The fourth-order valence-electron chi connectivity index (χ4n) is 8.62. The molecule has 484 valence electrons. The average Bonchev–Trinajstić information content (AvgIpc) is 3.95. The molecule has 9 atom stereocenters. The van der Waals surface area contributed by atoms with E-state index in [1.165, 1.54) is 26.4 Å². The summed E-state index contributed by atoms with van der Waals surface area (Å²) in [5.74, 6) is -9.54. The summed E-state index contributed by atoms with van der Waals surface area (Å²) in [7, 11) is 7.02. The zero-order valence-corrected chi connectivity index (χ0v) is 51.2. The number of guanidine groups is 1. The van der Waals surface area contributed by atoms with Crippen molar-refractivity contribution in [3.63, 3.8) is 0 Å². The number of amides is 10. The summed E-state index contributed by atoms with van der Waals surface area (Å²) in [5.41, 5.74) is 12.2. The van der Waals surface area contributed by atoms with Gasteiger partial charge in [-0.2, -0.15) is 0 Å². The van der Waals surface area contributed by atoms with Gasteiger partial charge in [0.05, 0.1) is 60.4 Å². The largest absolute Gasteiger partial charge is 0.468 e. The van der Waals surface area contributed by atoms with Gasteiger partial charge in [0.1, 0.15) is 54.9 Å². The van der Waals surface area contributed by atoms with Crippen LogP contribution < -0.4 is 64.6 Å². The number of aliphatic imine (C=N–C) groups is 1. The van der Waals surface area contributed by atoms with Crippen LogP contribution in [0.2, 0.25) is 0 Å². The molecule has 1 aromatic heterocycles. The number of hydrogen-bond acceptors (Lipinski definition) is 16. The van der Waals surface area contributed by atoms with Crippen LogP contribution in [0.5, 0.6) is 0 Å². The Balaban J connectivity index is 1.78. The van der Waals surface area contributed by atoms with Gasteiger partial charge in [-0.25, -0.2) is 4.98 Å². The summed E-state index contributed by atoms with van der Waals surface area (Å²) in [6.07, 6.45) is 2.32. The number of imidazole rings is 1. The van der Waals surface area contributed by atoms with Gasteiger partial charge in [-0.1, -0.05) is 62.4 Å². The van der Waals surface area contributed by atoms with Crippen molar-refractivity contribution in [1.29, 1.82) is 0 Å². The summed E-state index contributed by atoms with van der Waals surface area (Å²) < 4.78 is 5.14. The molecule has 0 aliphatic heterocycles. The highest BCUT2D eigenvalue weighted by Gasteiger charge is 2.36. The van der Waals surface area contributed by atoms with Crippen LogP contribution in [-0.2, 0) is 65.5 Å². The fraction of sp³-hybridized carbons (Fsp3) is 0.534. The molecule has 17 N–H and O–H groups in total. The number of methoxy groups -OCH3 is 1. The monoisotopic (exact) mass is 1230 g/mol. The van der Waals surface area contributed by atoms with E-state index in [9.17, 15) is 63.0 Å². The Kier molecular flexibility index (Phi) is 31.2. The van der Waals surface area contributed by atoms with Crippen molar-refractivity contribution in [1.82, 2.24) is 63.1 Å². The highest BCUT2D eigenvalue weighted by Crippen LogP contribution is 2.12. The highest BCUT2D eigenvalue weighted by atomic mass is 16.5. The van der Waals surface area contributed by atoms with Crippen molar-refractivity contribution < 1.29 is 72.2 Å². The molecule has 3 aromatic rings. The van der Waals surface area contributed by atoms with E-state index >= 15 is 0 Å². The van der Waals surface area contributed by atoms with Crippen molar-refractivity contribution in [3.8, 4) is 0 Å². The van der Waals surface area contributed by atoms with Crippen molar-refractivity contribution >= 4 is 71.0 Å². The second kappa shape index (κ2) is 37.5. The molecule has 0 radical (unpaired) electrons. The van der Waals surface area contributed by atoms with E-state index in [0.717, 1.165) is 7.11 Å². The molecule has 30 heteroatoms. The lowest BCUT2D eigenvalue weighted by Crippen LogP contribution is -2.62. The molecule has 10 amide bonds. The van der Waals surface area contributed by atoms with Gasteiger partial charge in [0.15, 0.2) is 5.96 Å². The molecule has 0 aliphatic carbocycles. The first-order valence-corrected chi connectivity index (χ1v) is 28.9. The minimum absolute atomic E-state index is 0.0188. The Morgan fingerprint density at radius 2 is 1.16 bits per heavy atom. The van der Waals surface area contributed by atoms with Gasteiger partial charge in [0.25, 0.3) is 5.91 Å². The summed E-state index contributed by atoms with van der Waals surface area (Å²) in [5, 5.41) is 46.4. The van der Waals surface area contributed by atoms with Gasteiger partial charge >= 0.3 is 5.97 Å². The topological polar surface area (TPSA) is 451 Å². The van der Waals surface area contributed by atoms with E-state index < -0.39 is 139 Å². The molecule has 0 saturated carbocycles. The number of nitrogens with zero attached hydrogens (tertiary/aromatic N) is 3. The van der Waals surface area contributed by atoms with E-state index in [1.54, 1.807) is 74.5 Å². The molecule has 1 heterocycles. The van der Waals surface area contributed by atoms with Crippen molar-refractivity contribution in [2.24, 2.45) is 22.4 Å². The third kappa shape index (κ3) is 27.6. The maximum absolute atomic E-state index is 14.3. The number of nitrogens with one attached hydrogen (secondary N) is 11. The van der Waals surface area contributed by atoms with Gasteiger partial charge < -0.3 is 89.1 Å². The molecular weight excluding hydrogens is 1140 g/mol. The minimum Gasteiger partial charge on any atom is -0.468 e. The number of unbranched alkanes of at least 4 members (excludes halogenated alkanes) is 1. The van der Waals surface area contributed by atoms with E-state index in [1.807, 2.05) is 21.1 Å². The van der Waals surface area contributed by atoms with Crippen LogP contribution in [0.15, 0.2) is 78.2 Å². The first-order valence-electron chi connectivity index (χ1n) is 28.9. The first kappa shape index (κ1) is 73.2. The summed E-state index contributed by atoms with van der Waals surface area (Å²) in [6.45, 7) is 4.76. The number of hydrogen-bond donors (Lipinski definition) is 15. The first-order chi connectivity index (χ1) is 41.6. The number of aliphatic hydroxyl groups excluding tert-OH is 2. The predicted molar refractivity (Wildman–Crippen MR) is 322 cm³/mol. The fourth-order valence-corrected chi connectivity index (χ4v) is 8.62. The Bertz CT molecular complexity index is 2790. The Morgan fingerprint density at radius 3 is 1.75 bits per heavy atom. The van der Waals surface area contributed by atoms with Crippen molar-refractivity contribution in [3.05, 3.63) is 90.0 Å². The van der Waals surface area contributed by atoms with Crippen LogP contribution in [-0.4, -0.2) is 211 Å². The second-order valence-electron chi connectivity index (χ2n) is 22.5. The minimum atomic E-state index is -1.76. The maximum Gasteiger partial charge on any atom is 0.325 e. The lowest BCUT2D eigenvalue weighted by atomic mass is 10.0. The number of ether oxygens (including phenoxy) is 1. The molecule has 0 fully saturated rings.